The van der Waals surface area contributed by atoms with E-state index in [2.05, 4.69) is 40.4 Å². The van der Waals surface area contributed by atoms with Gasteiger partial charge in [-0.3, -0.25) is 9.69 Å². The summed E-state index contributed by atoms with van der Waals surface area (Å²) in [5.74, 6) is -1.11. The zero-order chi connectivity index (χ0) is 20.4. The number of carbonyl (C=O) groups excluding carboxylic acids is 1. The predicted octanol–water partition coefficient (Wildman–Crippen LogP) is 3.27. The van der Waals surface area contributed by atoms with Gasteiger partial charge in [-0.15, -0.1) is 0 Å². The molecular weight excluding hydrogens is 393 g/mol. The monoisotopic (exact) mass is 417 g/mol. The molecule has 1 atom stereocenters. The quantitative estimate of drug-likeness (QED) is 0.811. The number of nitrogens with one attached hydrogen (secondary N) is 1. The van der Waals surface area contributed by atoms with Crippen LogP contribution in [0.2, 0.25) is 5.02 Å². The van der Waals surface area contributed by atoms with Gasteiger partial charge >= 0.3 is 0 Å². The number of morpholine rings is 1. The van der Waals surface area contributed by atoms with Crippen LogP contribution >= 0.6 is 11.6 Å². The first-order valence-corrected chi connectivity index (χ1v) is 10.3. The highest BCUT2D eigenvalue weighted by Gasteiger charge is 2.26. The molecule has 4 rings (SSSR count). The standard InChI is InChI=1S/C22H25ClFN3O2/c1-26-8-7-16-13-15(5-6-19(16)26)20(27-9-11-29-12-10-27)14-25-22(28)21-17(23)3-2-4-18(21)24/h2-6,13,20H,7-12,14H2,1H3,(H,25,28)/t20-/m1/s1. The molecule has 2 aromatic rings. The van der Waals surface area contributed by atoms with Crippen LogP contribution in [-0.4, -0.2) is 57.2 Å². The molecular formula is C22H25ClFN3O2. The van der Waals surface area contributed by atoms with Gasteiger partial charge in [0.2, 0.25) is 0 Å². The van der Waals surface area contributed by atoms with Crippen LogP contribution in [0.5, 0.6) is 0 Å². The van der Waals surface area contributed by atoms with E-state index in [9.17, 15) is 9.18 Å². The van der Waals surface area contributed by atoms with Crippen LogP contribution in [0.15, 0.2) is 36.4 Å². The Labute approximate surface area is 175 Å². The summed E-state index contributed by atoms with van der Waals surface area (Å²) in [7, 11) is 2.10. The van der Waals surface area contributed by atoms with E-state index in [4.69, 9.17) is 16.3 Å². The van der Waals surface area contributed by atoms with Crippen molar-refractivity contribution >= 4 is 23.2 Å². The second-order valence-corrected chi connectivity index (χ2v) is 7.94. The molecule has 2 aromatic carbocycles. The van der Waals surface area contributed by atoms with Crippen molar-refractivity contribution < 1.29 is 13.9 Å². The van der Waals surface area contributed by atoms with Gasteiger partial charge in [0.05, 0.1) is 29.8 Å². The van der Waals surface area contributed by atoms with E-state index in [0.29, 0.717) is 19.8 Å². The van der Waals surface area contributed by atoms with E-state index in [-0.39, 0.29) is 16.6 Å². The molecule has 0 unspecified atom stereocenters. The molecule has 5 nitrogen and oxygen atoms in total. The van der Waals surface area contributed by atoms with Crippen molar-refractivity contribution in [2.75, 3.05) is 51.3 Å². The van der Waals surface area contributed by atoms with Crippen LogP contribution in [0.4, 0.5) is 10.1 Å². The number of fused-ring (bicyclic) bond motifs is 1. The van der Waals surface area contributed by atoms with Gasteiger partial charge < -0.3 is 15.0 Å². The molecule has 1 N–H and O–H groups in total. The SMILES string of the molecule is CN1CCc2cc([C@@H](CNC(=O)c3c(F)cccc3Cl)N3CCOCC3)ccc21. The number of ether oxygens (including phenoxy) is 1. The fourth-order valence-electron chi connectivity index (χ4n) is 4.13. The number of amides is 1. The molecule has 0 aromatic heterocycles. The van der Waals surface area contributed by atoms with Gasteiger partial charge in [-0.25, -0.2) is 4.39 Å². The zero-order valence-electron chi connectivity index (χ0n) is 16.5. The number of nitrogens with zero attached hydrogens (tertiary/aromatic N) is 2. The maximum Gasteiger partial charge on any atom is 0.255 e. The molecule has 0 bridgehead atoms. The molecule has 29 heavy (non-hydrogen) atoms. The third-order valence-corrected chi connectivity index (χ3v) is 6.06. The van der Waals surface area contributed by atoms with Gasteiger partial charge in [-0.2, -0.15) is 0 Å². The Hall–Kier alpha value is -2.15. The van der Waals surface area contributed by atoms with Crippen molar-refractivity contribution in [2.24, 2.45) is 0 Å². The number of likely N-dealkylation sites (N-methyl/N-ethyl adjacent to an activating group) is 1. The van der Waals surface area contributed by atoms with Crippen LogP contribution in [0, 0.1) is 5.82 Å². The second-order valence-electron chi connectivity index (χ2n) is 7.53. The van der Waals surface area contributed by atoms with Gasteiger partial charge in [-0.1, -0.05) is 29.8 Å². The van der Waals surface area contributed by atoms with Crippen LogP contribution in [0.25, 0.3) is 0 Å². The Morgan fingerprint density at radius 1 is 1.24 bits per heavy atom. The highest BCUT2D eigenvalue weighted by atomic mass is 35.5. The molecule has 2 aliphatic rings. The first-order chi connectivity index (χ1) is 14.0. The van der Waals surface area contributed by atoms with Crippen molar-refractivity contribution in [1.82, 2.24) is 10.2 Å². The van der Waals surface area contributed by atoms with Crippen molar-refractivity contribution in [2.45, 2.75) is 12.5 Å². The molecule has 0 aliphatic carbocycles. The third-order valence-electron chi connectivity index (χ3n) is 5.75. The van der Waals surface area contributed by atoms with E-state index >= 15 is 0 Å². The Bertz CT molecular complexity index is 881. The molecule has 0 saturated carbocycles. The number of hydrogen-bond acceptors (Lipinski definition) is 4. The van der Waals surface area contributed by atoms with Crippen LogP contribution in [0.1, 0.15) is 27.5 Å². The lowest BCUT2D eigenvalue weighted by molar-refractivity contribution is 0.0162. The van der Waals surface area contributed by atoms with Crippen molar-refractivity contribution in [1.29, 1.82) is 0 Å². The lowest BCUT2D eigenvalue weighted by Crippen LogP contribution is -2.44. The maximum absolute atomic E-state index is 14.1. The minimum atomic E-state index is -0.613. The fraction of sp³-hybridized carbons (Fsp3) is 0.409. The highest BCUT2D eigenvalue weighted by Crippen LogP contribution is 2.31. The Morgan fingerprint density at radius 3 is 2.79 bits per heavy atom. The van der Waals surface area contributed by atoms with Crippen molar-refractivity contribution in [3.8, 4) is 0 Å². The van der Waals surface area contributed by atoms with Crippen LogP contribution in [-0.2, 0) is 11.2 Å². The molecule has 0 spiro atoms. The fourth-order valence-corrected chi connectivity index (χ4v) is 4.38. The summed E-state index contributed by atoms with van der Waals surface area (Å²) < 4.78 is 19.6. The van der Waals surface area contributed by atoms with E-state index in [1.54, 1.807) is 0 Å². The van der Waals surface area contributed by atoms with Gasteiger partial charge in [0, 0.05) is 38.9 Å². The van der Waals surface area contributed by atoms with Crippen molar-refractivity contribution in [3.05, 3.63) is 63.9 Å². The summed E-state index contributed by atoms with van der Waals surface area (Å²) in [6.45, 7) is 4.30. The van der Waals surface area contributed by atoms with Crippen LogP contribution in [0.3, 0.4) is 0 Å². The number of rotatable bonds is 5. The van der Waals surface area contributed by atoms with E-state index in [0.717, 1.165) is 31.6 Å². The summed E-state index contributed by atoms with van der Waals surface area (Å²) in [6.07, 6.45) is 1.02. The van der Waals surface area contributed by atoms with E-state index < -0.39 is 11.7 Å². The summed E-state index contributed by atoms with van der Waals surface area (Å²) >= 11 is 6.05. The normalized spacial score (nSPS) is 17.8. The summed E-state index contributed by atoms with van der Waals surface area (Å²) in [4.78, 5) is 17.2. The van der Waals surface area contributed by atoms with Gasteiger partial charge in [-0.05, 0) is 35.7 Å². The number of hydrogen-bond donors (Lipinski definition) is 1. The second kappa shape index (κ2) is 8.69. The van der Waals surface area contributed by atoms with E-state index in [1.165, 1.54) is 29.4 Å². The molecule has 2 heterocycles. The lowest BCUT2D eigenvalue weighted by Gasteiger charge is -2.35. The van der Waals surface area contributed by atoms with Gasteiger partial charge in [0.15, 0.2) is 0 Å². The molecule has 154 valence electrons. The van der Waals surface area contributed by atoms with Crippen LogP contribution < -0.4 is 10.2 Å². The van der Waals surface area contributed by atoms with Gasteiger partial charge in [0.25, 0.3) is 5.91 Å². The number of anilines is 1. The lowest BCUT2D eigenvalue weighted by atomic mass is 10.00. The Morgan fingerprint density at radius 2 is 2.03 bits per heavy atom. The molecule has 1 amide bonds. The average Bonchev–Trinajstić information content (AvgIpc) is 3.09. The Balaban J connectivity index is 1.56. The number of carbonyl (C=O) groups is 1. The van der Waals surface area contributed by atoms with Gasteiger partial charge in [0.1, 0.15) is 5.82 Å². The molecule has 7 heteroatoms. The molecule has 1 saturated heterocycles. The number of halogens is 2. The maximum atomic E-state index is 14.1. The predicted molar refractivity (Wildman–Crippen MR) is 112 cm³/mol. The zero-order valence-corrected chi connectivity index (χ0v) is 17.2. The topological polar surface area (TPSA) is 44.8 Å². The molecule has 0 radical (unpaired) electrons. The molecule has 2 aliphatic heterocycles. The minimum Gasteiger partial charge on any atom is -0.379 e. The summed E-state index contributed by atoms with van der Waals surface area (Å²) in [5, 5.41) is 3.01. The smallest absolute Gasteiger partial charge is 0.255 e. The van der Waals surface area contributed by atoms with Crippen molar-refractivity contribution in [3.63, 3.8) is 0 Å². The average molecular weight is 418 g/mol. The summed E-state index contributed by atoms with van der Waals surface area (Å²) in [6, 6.07) is 10.8. The highest BCUT2D eigenvalue weighted by molar-refractivity contribution is 6.33. The Kier molecular flexibility index (Phi) is 6.04. The number of benzene rings is 2. The van der Waals surface area contributed by atoms with E-state index in [1.807, 2.05) is 0 Å². The molecule has 1 fully saturated rings. The largest absolute Gasteiger partial charge is 0.379 e. The first-order valence-electron chi connectivity index (χ1n) is 9.92. The third kappa shape index (κ3) is 4.25. The minimum absolute atomic E-state index is 0.00962. The summed E-state index contributed by atoms with van der Waals surface area (Å²) in [5.41, 5.74) is 3.63. The first kappa shape index (κ1) is 20.1.